The fraction of sp³-hybridized carbons (Fsp3) is 0.118. The van der Waals surface area contributed by atoms with E-state index in [0.29, 0.717) is 17.2 Å². The standard InChI is InChI=1S/C17H16N4O3/c1-11(12-5-7-13(23-2)8-6-12)18-21-17(22)15-10-14(19-20-15)16-4-3-9-24-16/h3-10H,1-2H3,(H,19,20)(H,21,22)/b18-11-. The van der Waals surface area contributed by atoms with E-state index < -0.39 is 5.91 Å². The first kappa shape index (κ1) is 15.5. The lowest BCUT2D eigenvalue weighted by atomic mass is 10.1. The number of methoxy groups -OCH3 is 1. The smallest absolute Gasteiger partial charge is 0.291 e. The van der Waals surface area contributed by atoms with Crippen molar-refractivity contribution in [3.05, 3.63) is 60.0 Å². The molecule has 0 saturated carbocycles. The lowest BCUT2D eigenvalue weighted by Gasteiger charge is -2.03. The van der Waals surface area contributed by atoms with E-state index in [2.05, 4.69) is 20.7 Å². The van der Waals surface area contributed by atoms with Crippen LogP contribution in [0.2, 0.25) is 0 Å². The molecule has 2 aromatic heterocycles. The van der Waals surface area contributed by atoms with Crippen molar-refractivity contribution < 1.29 is 13.9 Å². The third-order valence-electron chi connectivity index (χ3n) is 3.43. The van der Waals surface area contributed by atoms with Gasteiger partial charge in [0.15, 0.2) is 11.5 Å². The summed E-state index contributed by atoms with van der Waals surface area (Å²) in [6.07, 6.45) is 1.55. The van der Waals surface area contributed by atoms with Crippen molar-refractivity contribution in [3.8, 4) is 17.2 Å². The van der Waals surface area contributed by atoms with Crippen LogP contribution in [0.15, 0.2) is 58.2 Å². The number of benzene rings is 1. The third-order valence-corrected chi connectivity index (χ3v) is 3.43. The predicted molar refractivity (Wildman–Crippen MR) is 89.0 cm³/mol. The van der Waals surface area contributed by atoms with Crippen LogP contribution in [0.3, 0.4) is 0 Å². The summed E-state index contributed by atoms with van der Waals surface area (Å²) in [5.41, 5.74) is 4.90. The summed E-state index contributed by atoms with van der Waals surface area (Å²) in [6, 6.07) is 12.5. The van der Waals surface area contributed by atoms with Gasteiger partial charge >= 0.3 is 0 Å². The minimum atomic E-state index is -0.406. The maximum Gasteiger partial charge on any atom is 0.291 e. The highest BCUT2D eigenvalue weighted by Crippen LogP contribution is 2.17. The Morgan fingerprint density at radius 2 is 2.08 bits per heavy atom. The van der Waals surface area contributed by atoms with Crippen molar-refractivity contribution in [1.29, 1.82) is 0 Å². The molecule has 1 aromatic carbocycles. The first-order valence-corrected chi connectivity index (χ1v) is 7.25. The van der Waals surface area contributed by atoms with E-state index in [1.807, 2.05) is 24.3 Å². The van der Waals surface area contributed by atoms with Crippen LogP contribution >= 0.6 is 0 Å². The van der Waals surface area contributed by atoms with Gasteiger partial charge in [0.25, 0.3) is 5.91 Å². The summed E-state index contributed by atoms with van der Waals surface area (Å²) in [5, 5.41) is 10.8. The van der Waals surface area contributed by atoms with E-state index in [4.69, 9.17) is 9.15 Å². The summed E-state index contributed by atoms with van der Waals surface area (Å²) in [4.78, 5) is 12.1. The number of hydrazone groups is 1. The van der Waals surface area contributed by atoms with Gasteiger partial charge in [-0.05, 0) is 48.9 Å². The topological polar surface area (TPSA) is 92.5 Å². The van der Waals surface area contributed by atoms with Gasteiger partial charge in [-0.25, -0.2) is 5.43 Å². The minimum Gasteiger partial charge on any atom is -0.497 e. The van der Waals surface area contributed by atoms with Crippen molar-refractivity contribution in [2.75, 3.05) is 7.11 Å². The number of furan rings is 1. The quantitative estimate of drug-likeness (QED) is 0.557. The van der Waals surface area contributed by atoms with Gasteiger partial charge in [-0.3, -0.25) is 9.89 Å². The second kappa shape index (κ2) is 6.82. The molecule has 1 amide bonds. The highest BCUT2D eigenvalue weighted by atomic mass is 16.5. The Morgan fingerprint density at radius 3 is 2.75 bits per heavy atom. The fourth-order valence-corrected chi connectivity index (χ4v) is 2.08. The molecule has 0 atom stereocenters. The minimum absolute atomic E-state index is 0.229. The summed E-state index contributed by atoms with van der Waals surface area (Å²) in [5.74, 6) is 0.967. The van der Waals surface area contributed by atoms with Gasteiger partial charge in [0, 0.05) is 6.07 Å². The van der Waals surface area contributed by atoms with Crippen LogP contribution in [-0.4, -0.2) is 28.9 Å². The van der Waals surface area contributed by atoms with Crippen LogP contribution in [-0.2, 0) is 0 Å². The molecule has 3 rings (SSSR count). The summed E-state index contributed by atoms with van der Waals surface area (Å²) in [6.45, 7) is 1.81. The molecule has 0 spiro atoms. The molecule has 0 aliphatic heterocycles. The molecule has 2 N–H and O–H groups in total. The molecule has 2 heterocycles. The third kappa shape index (κ3) is 3.35. The molecular formula is C17H16N4O3. The van der Waals surface area contributed by atoms with E-state index in [1.54, 1.807) is 38.5 Å². The summed E-state index contributed by atoms with van der Waals surface area (Å²) >= 11 is 0. The molecule has 0 unspecified atom stereocenters. The van der Waals surface area contributed by atoms with Crippen LogP contribution in [0.1, 0.15) is 23.0 Å². The molecule has 0 radical (unpaired) electrons. The molecule has 0 aliphatic rings. The van der Waals surface area contributed by atoms with Crippen LogP contribution < -0.4 is 10.2 Å². The second-order valence-electron chi connectivity index (χ2n) is 5.01. The number of aromatic amines is 1. The second-order valence-corrected chi connectivity index (χ2v) is 5.01. The van der Waals surface area contributed by atoms with Crippen LogP contribution in [0.25, 0.3) is 11.5 Å². The first-order valence-electron chi connectivity index (χ1n) is 7.25. The van der Waals surface area contributed by atoms with E-state index in [1.165, 1.54) is 0 Å². The fourth-order valence-electron chi connectivity index (χ4n) is 2.08. The summed E-state index contributed by atoms with van der Waals surface area (Å²) < 4.78 is 10.4. The lowest BCUT2D eigenvalue weighted by Crippen LogP contribution is -2.19. The zero-order valence-corrected chi connectivity index (χ0v) is 13.2. The Morgan fingerprint density at radius 1 is 1.29 bits per heavy atom. The molecule has 122 valence electrons. The zero-order chi connectivity index (χ0) is 16.9. The van der Waals surface area contributed by atoms with Gasteiger partial charge in [0.2, 0.25) is 0 Å². The number of aromatic nitrogens is 2. The van der Waals surface area contributed by atoms with Crippen LogP contribution in [0.4, 0.5) is 0 Å². The number of ether oxygens (including phenoxy) is 1. The van der Waals surface area contributed by atoms with Gasteiger partial charge in [-0.2, -0.15) is 10.2 Å². The molecule has 0 aliphatic carbocycles. The highest BCUT2D eigenvalue weighted by Gasteiger charge is 2.12. The van der Waals surface area contributed by atoms with E-state index in [9.17, 15) is 4.79 Å². The average Bonchev–Trinajstić information content (AvgIpc) is 3.30. The highest BCUT2D eigenvalue weighted by molar-refractivity contribution is 6.00. The van der Waals surface area contributed by atoms with E-state index in [0.717, 1.165) is 11.3 Å². The number of hydrogen-bond donors (Lipinski definition) is 2. The molecule has 24 heavy (non-hydrogen) atoms. The Hall–Kier alpha value is -3.35. The van der Waals surface area contributed by atoms with Crippen molar-refractivity contribution >= 4 is 11.6 Å². The number of hydrogen-bond acceptors (Lipinski definition) is 5. The molecular weight excluding hydrogens is 308 g/mol. The van der Waals surface area contributed by atoms with Crippen molar-refractivity contribution in [2.24, 2.45) is 5.10 Å². The van der Waals surface area contributed by atoms with Gasteiger partial charge in [0.05, 0.1) is 19.1 Å². The SMILES string of the molecule is COc1ccc(/C(C)=N\NC(=O)c2cc(-c3ccco3)[nH]n2)cc1. The van der Waals surface area contributed by atoms with E-state index >= 15 is 0 Å². The van der Waals surface area contributed by atoms with Crippen LogP contribution in [0.5, 0.6) is 5.75 Å². The van der Waals surface area contributed by atoms with Gasteiger partial charge in [0.1, 0.15) is 11.4 Å². The number of amides is 1. The van der Waals surface area contributed by atoms with Crippen molar-refractivity contribution in [1.82, 2.24) is 15.6 Å². The number of nitrogens with one attached hydrogen (secondary N) is 2. The number of H-pyrrole nitrogens is 1. The predicted octanol–water partition coefficient (Wildman–Crippen LogP) is 2.83. The molecule has 0 bridgehead atoms. The van der Waals surface area contributed by atoms with Gasteiger partial charge < -0.3 is 9.15 Å². The van der Waals surface area contributed by atoms with E-state index in [-0.39, 0.29) is 5.69 Å². The van der Waals surface area contributed by atoms with Crippen molar-refractivity contribution in [3.63, 3.8) is 0 Å². The maximum absolute atomic E-state index is 12.1. The number of rotatable bonds is 5. The molecule has 7 heteroatoms. The van der Waals surface area contributed by atoms with Crippen LogP contribution in [0, 0.1) is 0 Å². The average molecular weight is 324 g/mol. The first-order chi connectivity index (χ1) is 11.7. The normalized spacial score (nSPS) is 11.3. The monoisotopic (exact) mass is 324 g/mol. The molecule has 0 fully saturated rings. The number of carbonyl (C=O) groups excluding carboxylic acids is 1. The zero-order valence-electron chi connectivity index (χ0n) is 13.2. The Bertz CT molecular complexity index is 848. The number of nitrogens with zero attached hydrogens (tertiary/aromatic N) is 2. The van der Waals surface area contributed by atoms with Gasteiger partial charge in [-0.15, -0.1) is 0 Å². The lowest BCUT2D eigenvalue weighted by molar-refractivity contribution is 0.0950. The molecule has 7 nitrogen and oxygen atoms in total. The van der Waals surface area contributed by atoms with Crippen molar-refractivity contribution in [2.45, 2.75) is 6.92 Å². The molecule has 0 saturated heterocycles. The Balaban J connectivity index is 1.68. The maximum atomic E-state index is 12.1. The molecule has 3 aromatic rings. The number of carbonyl (C=O) groups is 1. The summed E-state index contributed by atoms with van der Waals surface area (Å²) in [7, 11) is 1.61. The largest absolute Gasteiger partial charge is 0.497 e. The Kier molecular flexibility index (Phi) is 4.42. The van der Waals surface area contributed by atoms with Gasteiger partial charge in [-0.1, -0.05) is 0 Å². The Labute approximate surface area is 138 Å².